The summed E-state index contributed by atoms with van der Waals surface area (Å²) in [5.41, 5.74) is 2.46. The highest BCUT2D eigenvalue weighted by Gasteiger charge is 2.49. The van der Waals surface area contributed by atoms with Gasteiger partial charge in [-0.05, 0) is 47.7 Å². The fourth-order valence-corrected chi connectivity index (χ4v) is 5.01. The first kappa shape index (κ1) is 23.7. The topological polar surface area (TPSA) is 58.6 Å². The Kier molecular flexibility index (Phi) is 6.04. The monoisotopic (exact) mass is 492 g/mol. The molecule has 0 radical (unpaired) electrons. The molecule has 8 heteroatoms. The number of anilines is 2. The highest BCUT2D eigenvalue weighted by molar-refractivity contribution is 6.07. The lowest BCUT2D eigenvalue weighted by Gasteiger charge is -2.35. The van der Waals surface area contributed by atoms with Crippen LogP contribution in [0.1, 0.15) is 35.9 Å². The summed E-state index contributed by atoms with van der Waals surface area (Å²) in [4.78, 5) is 27.3. The minimum atomic E-state index is -5.13. The van der Waals surface area contributed by atoms with Crippen LogP contribution in [0.4, 0.5) is 24.5 Å². The molecule has 1 aliphatic heterocycles. The van der Waals surface area contributed by atoms with Crippen molar-refractivity contribution in [1.29, 1.82) is 0 Å². The summed E-state index contributed by atoms with van der Waals surface area (Å²) in [6.07, 6.45) is -4.62. The molecule has 1 heterocycles. The first-order valence-electron chi connectivity index (χ1n) is 11.5. The average Bonchev–Trinajstić information content (AvgIpc) is 3.02. The summed E-state index contributed by atoms with van der Waals surface area (Å²) in [7, 11) is 1.57. The van der Waals surface area contributed by atoms with Crippen molar-refractivity contribution in [2.45, 2.75) is 31.0 Å². The number of ether oxygens (including phenoxy) is 1. The first-order valence-corrected chi connectivity index (χ1v) is 11.5. The fourth-order valence-electron chi connectivity index (χ4n) is 5.01. The van der Waals surface area contributed by atoms with Crippen LogP contribution in [0.2, 0.25) is 0 Å². The van der Waals surface area contributed by atoms with E-state index in [1.165, 1.54) is 6.07 Å². The molecule has 2 atom stereocenters. The number of nitrogens with one attached hydrogen (secondary N) is 1. The minimum Gasteiger partial charge on any atom is -0.497 e. The number of benzene rings is 3. The van der Waals surface area contributed by atoms with Gasteiger partial charge in [0.2, 0.25) is 0 Å². The van der Waals surface area contributed by atoms with Crippen molar-refractivity contribution in [2.75, 3.05) is 17.3 Å². The van der Waals surface area contributed by atoms with Crippen LogP contribution in [0.25, 0.3) is 0 Å². The number of para-hydroxylation sites is 2. The summed E-state index contributed by atoms with van der Waals surface area (Å²) in [5.74, 6) is -1.81. The number of hydrogen-bond donors (Lipinski definition) is 1. The summed E-state index contributed by atoms with van der Waals surface area (Å²) >= 11 is 0. The number of alkyl halides is 3. The maximum atomic E-state index is 13.9. The van der Waals surface area contributed by atoms with E-state index in [9.17, 15) is 22.8 Å². The van der Waals surface area contributed by atoms with Gasteiger partial charge in [-0.3, -0.25) is 14.5 Å². The van der Waals surface area contributed by atoms with Crippen molar-refractivity contribution < 1.29 is 27.5 Å². The Hall–Kier alpha value is -4.07. The second-order valence-electron chi connectivity index (χ2n) is 8.82. The third-order valence-corrected chi connectivity index (χ3v) is 6.65. The lowest BCUT2D eigenvalue weighted by molar-refractivity contribution is -0.170. The number of methoxy groups -OCH3 is 1. The quantitative estimate of drug-likeness (QED) is 0.476. The molecule has 184 valence electrons. The SMILES string of the molecule is COc1ccc([C@@H]2CC(=O)C3=C(C2)Nc2ccccc2N(C(=O)C(F)(F)F)[C@H]3c2ccccc2)cc1. The number of amides is 1. The fraction of sp³-hybridized carbons (Fsp3) is 0.214. The predicted molar refractivity (Wildman–Crippen MR) is 130 cm³/mol. The molecule has 0 unspecified atom stereocenters. The van der Waals surface area contributed by atoms with Crippen molar-refractivity contribution >= 4 is 23.1 Å². The van der Waals surface area contributed by atoms with E-state index in [0.717, 1.165) is 5.56 Å². The third-order valence-electron chi connectivity index (χ3n) is 6.65. The second-order valence-corrected chi connectivity index (χ2v) is 8.82. The van der Waals surface area contributed by atoms with E-state index in [1.807, 2.05) is 24.3 Å². The van der Waals surface area contributed by atoms with Crippen LogP contribution in [0.15, 0.2) is 90.1 Å². The van der Waals surface area contributed by atoms with E-state index in [1.54, 1.807) is 55.6 Å². The van der Waals surface area contributed by atoms with E-state index in [4.69, 9.17) is 4.74 Å². The lowest BCUT2D eigenvalue weighted by Crippen LogP contribution is -2.45. The molecular weight excluding hydrogens is 469 g/mol. The van der Waals surface area contributed by atoms with Crippen LogP contribution in [0.3, 0.4) is 0 Å². The van der Waals surface area contributed by atoms with Gasteiger partial charge in [-0.2, -0.15) is 13.2 Å². The number of hydrogen-bond acceptors (Lipinski definition) is 4. The Morgan fingerprint density at radius 2 is 1.58 bits per heavy atom. The molecule has 0 spiro atoms. The van der Waals surface area contributed by atoms with E-state index >= 15 is 0 Å². The Morgan fingerprint density at radius 3 is 2.25 bits per heavy atom. The summed E-state index contributed by atoms with van der Waals surface area (Å²) in [6, 6.07) is 20.9. The maximum absolute atomic E-state index is 13.9. The Bertz CT molecular complexity index is 1330. The largest absolute Gasteiger partial charge is 0.497 e. The number of ketones is 1. The van der Waals surface area contributed by atoms with Gasteiger partial charge in [-0.15, -0.1) is 0 Å². The van der Waals surface area contributed by atoms with Gasteiger partial charge < -0.3 is 10.1 Å². The third kappa shape index (κ3) is 4.23. The van der Waals surface area contributed by atoms with Gasteiger partial charge in [0.05, 0.1) is 24.5 Å². The Morgan fingerprint density at radius 1 is 0.917 bits per heavy atom. The number of halogens is 3. The molecule has 3 aromatic carbocycles. The lowest BCUT2D eigenvalue weighted by atomic mass is 9.78. The Labute approximate surface area is 206 Å². The molecule has 1 N–H and O–H groups in total. The van der Waals surface area contributed by atoms with Crippen LogP contribution in [-0.4, -0.2) is 25.0 Å². The maximum Gasteiger partial charge on any atom is 0.471 e. The number of fused-ring (bicyclic) bond motifs is 1. The normalized spacial score (nSPS) is 19.7. The molecule has 0 bridgehead atoms. The number of allylic oxidation sites excluding steroid dienone is 1. The van der Waals surface area contributed by atoms with Gasteiger partial charge >= 0.3 is 12.1 Å². The van der Waals surface area contributed by atoms with Crippen molar-refractivity contribution in [3.05, 3.63) is 101 Å². The molecule has 2 aliphatic rings. The smallest absolute Gasteiger partial charge is 0.471 e. The van der Waals surface area contributed by atoms with Crippen LogP contribution < -0.4 is 15.0 Å². The Balaban J connectivity index is 1.69. The molecular formula is C28H23F3N2O3. The van der Waals surface area contributed by atoms with Gasteiger partial charge in [-0.1, -0.05) is 54.6 Å². The zero-order chi connectivity index (χ0) is 25.4. The van der Waals surface area contributed by atoms with E-state index in [2.05, 4.69) is 5.32 Å². The molecule has 5 nitrogen and oxygen atoms in total. The van der Waals surface area contributed by atoms with Gasteiger partial charge in [-0.25, -0.2) is 0 Å². The zero-order valence-corrected chi connectivity index (χ0v) is 19.4. The van der Waals surface area contributed by atoms with Crippen LogP contribution >= 0.6 is 0 Å². The van der Waals surface area contributed by atoms with Gasteiger partial charge in [0, 0.05) is 17.7 Å². The number of Topliss-reactive ketones (excluding diaryl/α,β-unsaturated/α-hetero) is 1. The summed E-state index contributed by atoms with van der Waals surface area (Å²) in [6.45, 7) is 0. The minimum absolute atomic E-state index is 0.0666. The van der Waals surface area contributed by atoms with E-state index < -0.39 is 18.1 Å². The summed E-state index contributed by atoms with van der Waals surface area (Å²) in [5, 5.41) is 3.22. The van der Waals surface area contributed by atoms with Crippen molar-refractivity contribution in [3.63, 3.8) is 0 Å². The van der Waals surface area contributed by atoms with Crippen molar-refractivity contribution in [1.82, 2.24) is 0 Å². The van der Waals surface area contributed by atoms with Gasteiger partial charge in [0.25, 0.3) is 0 Å². The van der Waals surface area contributed by atoms with Crippen molar-refractivity contribution in [3.8, 4) is 5.75 Å². The van der Waals surface area contributed by atoms with Crippen LogP contribution in [0.5, 0.6) is 5.75 Å². The number of nitrogens with zero attached hydrogens (tertiary/aromatic N) is 1. The van der Waals surface area contributed by atoms with Crippen molar-refractivity contribution in [2.24, 2.45) is 0 Å². The zero-order valence-electron chi connectivity index (χ0n) is 19.4. The number of carbonyl (C=O) groups is 2. The molecule has 3 aromatic rings. The average molecular weight is 492 g/mol. The van der Waals surface area contributed by atoms with E-state index in [0.29, 0.717) is 34.0 Å². The second kappa shape index (κ2) is 9.18. The molecule has 0 fully saturated rings. The van der Waals surface area contributed by atoms with Gasteiger partial charge in [0.1, 0.15) is 5.75 Å². The highest BCUT2D eigenvalue weighted by Crippen LogP contribution is 2.48. The molecule has 1 aliphatic carbocycles. The molecule has 36 heavy (non-hydrogen) atoms. The van der Waals surface area contributed by atoms with Crippen LogP contribution in [-0.2, 0) is 9.59 Å². The number of rotatable bonds is 3. The molecule has 0 aromatic heterocycles. The standard InChI is InChI=1S/C28H23F3N2O3/c1-36-20-13-11-17(12-14-20)19-15-22-25(24(34)16-19)26(18-7-3-2-4-8-18)33(27(35)28(29,30)31)23-10-6-5-9-21(23)32-22/h2-14,19,26,32H,15-16H2,1H3/t19-,26-/m0/s1. The summed E-state index contributed by atoms with van der Waals surface area (Å²) < 4.78 is 46.9. The molecule has 1 amide bonds. The van der Waals surface area contributed by atoms with E-state index in [-0.39, 0.29) is 29.4 Å². The molecule has 5 rings (SSSR count). The molecule has 0 saturated heterocycles. The molecule has 0 saturated carbocycles. The van der Waals surface area contributed by atoms with Crippen LogP contribution in [0, 0.1) is 0 Å². The highest BCUT2D eigenvalue weighted by atomic mass is 19.4. The van der Waals surface area contributed by atoms with Gasteiger partial charge in [0.15, 0.2) is 5.78 Å². The first-order chi connectivity index (χ1) is 17.3. The number of carbonyl (C=O) groups excluding carboxylic acids is 2. The predicted octanol–water partition coefficient (Wildman–Crippen LogP) is 6.16.